The molecule has 5 rings (SSSR count). The summed E-state index contributed by atoms with van der Waals surface area (Å²) in [6.45, 7) is 2.47. The Kier molecular flexibility index (Phi) is 4.88. The van der Waals surface area contributed by atoms with E-state index < -0.39 is 0 Å². The monoisotopic (exact) mass is 420 g/mol. The van der Waals surface area contributed by atoms with E-state index in [0.717, 1.165) is 41.7 Å². The van der Waals surface area contributed by atoms with E-state index in [9.17, 15) is 9.59 Å². The Balaban J connectivity index is 1.25. The van der Waals surface area contributed by atoms with E-state index in [4.69, 9.17) is 4.42 Å². The van der Waals surface area contributed by atoms with Crippen molar-refractivity contribution in [1.82, 2.24) is 19.8 Å². The van der Waals surface area contributed by atoms with E-state index in [-0.39, 0.29) is 18.4 Å². The summed E-state index contributed by atoms with van der Waals surface area (Å²) >= 11 is 1.55. The van der Waals surface area contributed by atoms with E-state index in [1.807, 2.05) is 24.6 Å². The van der Waals surface area contributed by atoms with Crippen LogP contribution in [0.25, 0.3) is 0 Å². The van der Waals surface area contributed by atoms with Crippen molar-refractivity contribution in [3.8, 4) is 0 Å². The van der Waals surface area contributed by atoms with Gasteiger partial charge in [-0.15, -0.1) is 0 Å². The number of benzene rings is 1. The molecule has 3 aromatic rings. The lowest BCUT2D eigenvalue weighted by Gasteiger charge is -2.27. The highest BCUT2D eigenvalue weighted by Crippen LogP contribution is 2.26. The zero-order valence-corrected chi connectivity index (χ0v) is 17.3. The summed E-state index contributed by atoms with van der Waals surface area (Å²) in [5, 5.41) is 0.811. The number of imide groups is 1. The van der Waals surface area contributed by atoms with E-state index in [0.29, 0.717) is 23.4 Å². The molecule has 1 aromatic carbocycles. The molecule has 7 nitrogen and oxygen atoms in total. The summed E-state index contributed by atoms with van der Waals surface area (Å²) in [4.78, 5) is 37.6. The number of carbonyl (C=O) groups excluding carboxylic acids is 2. The molecule has 152 valence electrons. The molecule has 2 aliphatic rings. The minimum Gasteiger partial charge on any atom is -0.463 e. The van der Waals surface area contributed by atoms with Crippen LogP contribution in [0.4, 0.5) is 0 Å². The summed E-state index contributed by atoms with van der Waals surface area (Å²) in [5.41, 5.74) is 3.18. The topological polar surface area (TPSA) is 79.5 Å². The van der Waals surface area contributed by atoms with Crippen molar-refractivity contribution in [2.75, 3.05) is 12.8 Å². The zero-order valence-electron chi connectivity index (χ0n) is 16.5. The molecule has 0 spiro atoms. The highest BCUT2D eigenvalue weighted by atomic mass is 32.2. The number of furan rings is 1. The second kappa shape index (κ2) is 7.70. The fourth-order valence-electron chi connectivity index (χ4n) is 3.94. The molecule has 2 amide bonds. The molecule has 0 saturated heterocycles. The summed E-state index contributed by atoms with van der Waals surface area (Å²) in [7, 11) is 0. The molecule has 0 bridgehead atoms. The SMILES string of the molecule is CSc1ncc2c(n1)CCN(Cc1ccc(CN3C(=O)c4ccccc4C3=O)o1)C2. The predicted molar refractivity (Wildman–Crippen MR) is 111 cm³/mol. The van der Waals surface area contributed by atoms with Gasteiger partial charge in [-0.05, 0) is 30.5 Å². The van der Waals surface area contributed by atoms with Crippen molar-refractivity contribution in [2.45, 2.75) is 31.2 Å². The highest BCUT2D eigenvalue weighted by molar-refractivity contribution is 7.98. The van der Waals surface area contributed by atoms with Crippen LogP contribution in [0.1, 0.15) is 43.5 Å². The third-order valence-electron chi connectivity index (χ3n) is 5.46. The van der Waals surface area contributed by atoms with Gasteiger partial charge in [-0.25, -0.2) is 9.97 Å². The van der Waals surface area contributed by atoms with Gasteiger partial charge in [-0.2, -0.15) is 0 Å². The van der Waals surface area contributed by atoms with Crippen molar-refractivity contribution in [3.05, 3.63) is 76.5 Å². The second-order valence-electron chi connectivity index (χ2n) is 7.40. The van der Waals surface area contributed by atoms with Crippen LogP contribution < -0.4 is 0 Å². The number of hydrogen-bond donors (Lipinski definition) is 0. The Morgan fingerprint density at radius 1 is 1.03 bits per heavy atom. The molecule has 8 heteroatoms. The van der Waals surface area contributed by atoms with Crippen LogP contribution in [0, 0.1) is 0 Å². The van der Waals surface area contributed by atoms with Crippen LogP contribution in [-0.2, 0) is 26.1 Å². The number of amides is 2. The summed E-state index contributed by atoms with van der Waals surface area (Å²) in [5.74, 6) is 0.869. The van der Waals surface area contributed by atoms with Crippen molar-refractivity contribution in [1.29, 1.82) is 0 Å². The predicted octanol–water partition coefficient (Wildman–Crippen LogP) is 3.15. The van der Waals surface area contributed by atoms with E-state index in [2.05, 4.69) is 14.9 Å². The van der Waals surface area contributed by atoms with Crippen molar-refractivity contribution in [2.24, 2.45) is 0 Å². The van der Waals surface area contributed by atoms with Gasteiger partial charge in [0.2, 0.25) is 0 Å². The lowest BCUT2D eigenvalue weighted by atomic mass is 10.1. The molecule has 0 radical (unpaired) electrons. The lowest BCUT2D eigenvalue weighted by molar-refractivity contribution is 0.0630. The smallest absolute Gasteiger partial charge is 0.261 e. The Morgan fingerprint density at radius 3 is 2.43 bits per heavy atom. The molecule has 4 heterocycles. The van der Waals surface area contributed by atoms with Crippen LogP contribution in [0.3, 0.4) is 0 Å². The molecule has 0 unspecified atom stereocenters. The number of thioether (sulfide) groups is 1. The molecule has 0 N–H and O–H groups in total. The first kappa shape index (κ1) is 19.0. The van der Waals surface area contributed by atoms with Gasteiger partial charge in [0.05, 0.1) is 29.9 Å². The average molecular weight is 420 g/mol. The molecule has 0 saturated carbocycles. The molecule has 0 fully saturated rings. The lowest BCUT2D eigenvalue weighted by Crippen LogP contribution is -2.30. The molecule has 30 heavy (non-hydrogen) atoms. The first-order chi connectivity index (χ1) is 14.6. The van der Waals surface area contributed by atoms with Gasteiger partial charge >= 0.3 is 0 Å². The molecular formula is C22H20N4O3S. The maximum atomic E-state index is 12.5. The third-order valence-corrected chi connectivity index (χ3v) is 6.02. The van der Waals surface area contributed by atoms with Gasteiger partial charge in [-0.1, -0.05) is 23.9 Å². The highest BCUT2D eigenvalue weighted by Gasteiger charge is 2.35. The minimum atomic E-state index is -0.272. The number of carbonyl (C=O) groups is 2. The van der Waals surface area contributed by atoms with Gasteiger partial charge in [0.25, 0.3) is 11.8 Å². The number of aromatic nitrogens is 2. The van der Waals surface area contributed by atoms with Crippen LogP contribution in [0.5, 0.6) is 0 Å². The third kappa shape index (κ3) is 3.42. The molecular weight excluding hydrogens is 400 g/mol. The minimum absolute atomic E-state index is 0.139. The van der Waals surface area contributed by atoms with Crippen LogP contribution in [0.15, 0.2) is 52.2 Å². The summed E-state index contributed by atoms with van der Waals surface area (Å²) in [6, 6.07) is 10.7. The maximum Gasteiger partial charge on any atom is 0.261 e. The normalized spacial score (nSPS) is 16.1. The first-order valence-electron chi connectivity index (χ1n) is 9.76. The van der Waals surface area contributed by atoms with Crippen molar-refractivity contribution >= 4 is 23.6 Å². The molecule has 2 aromatic heterocycles. The average Bonchev–Trinajstić information content (AvgIpc) is 3.31. The Bertz CT molecular complexity index is 1110. The fourth-order valence-corrected chi connectivity index (χ4v) is 4.30. The van der Waals surface area contributed by atoms with Gasteiger partial charge in [0.1, 0.15) is 11.5 Å². The molecule has 0 aliphatic carbocycles. The van der Waals surface area contributed by atoms with Crippen LogP contribution in [-0.4, -0.2) is 44.4 Å². The number of fused-ring (bicyclic) bond motifs is 2. The summed E-state index contributed by atoms with van der Waals surface area (Å²) < 4.78 is 5.95. The summed E-state index contributed by atoms with van der Waals surface area (Å²) in [6.07, 6.45) is 4.78. The largest absolute Gasteiger partial charge is 0.463 e. The standard InChI is InChI=1S/C22H20N4O3S/c1-30-22-23-10-14-11-25(9-8-19(14)24-22)12-15-6-7-16(29-15)13-26-20(27)17-4-2-3-5-18(17)21(26)28/h2-7,10H,8-9,11-13H2,1H3. The maximum absolute atomic E-state index is 12.5. The van der Waals surface area contributed by atoms with Gasteiger partial charge in [-0.3, -0.25) is 19.4 Å². The number of rotatable bonds is 5. The Hall–Kier alpha value is -2.97. The van der Waals surface area contributed by atoms with E-state index >= 15 is 0 Å². The van der Waals surface area contributed by atoms with Crippen LogP contribution >= 0.6 is 11.8 Å². The van der Waals surface area contributed by atoms with Crippen molar-refractivity contribution < 1.29 is 14.0 Å². The zero-order chi connectivity index (χ0) is 20.7. The number of hydrogen-bond acceptors (Lipinski definition) is 7. The first-order valence-corrected chi connectivity index (χ1v) is 11.0. The second-order valence-corrected chi connectivity index (χ2v) is 8.17. The molecule has 0 atom stereocenters. The van der Waals surface area contributed by atoms with Gasteiger partial charge in [0, 0.05) is 31.3 Å². The van der Waals surface area contributed by atoms with E-state index in [1.54, 1.807) is 36.0 Å². The molecule has 2 aliphatic heterocycles. The number of nitrogens with zero attached hydrogens (tertiary/aromatic N) is 4. The Morgan fingerprint density at radius 2 is 1.73 bits per heavy atom. The van der Waals surface area contributed by atoms with Crippen LogP contribution in [0.2, 0.25) is 0 Å². The quantitative estimate of drug-likeness (QED) is 0.356. The van der Waals surface area contributed by atoms with Gasteiger partial charge in [0.15, 0.2) is 5.16 Å². The van der Waals surface area contributed by atoms with Crippen molar-refractivity contribution in [3.63, 3.8) is 0 Å². The Labute approximate surface area is 178 Å². The van der Waals surface area contributed by atoms with Gasteiger partial charge < -0.3 is 4.42 Å². The van der Waals surface area contributed by atoms with E-state index in [1.165, 1.54) is 4.90 Å². The fraction of sp³-hybridized carbons (Fsp3) is 0.273.